The zero-order valence-corrected chi connectivity index (χ0v) is 11.6. The average Bonchev–Trinajstić information content (AvgIpc) is 2.89. The summed E-state index contributed by atoms with van der Waals surface area (Å²) in [5.41, 5.74) is 9.56. The van der Waals surface area contributed by atoms with Crippen LogP contribution in [-0.2, 0) is 13.0 Å². The van der Waals surface area contributed by atoms with E-state index in [1.54, 1.807) is 19.5 Å². The first-order valence-electron chi connectivity index (χ1n) is 6.50. The molecule has 2 N–H and O–H groups in total. The molecular weight excluding hydrogens is 240 g/mol. The Bertz CT molecular complexity index is 529. The summed E-state index contributed by atoms with van der Waals surface area (Å²) in [6.07, 6.45) is 6.26. The second-order valence-electron chi connectivity index (χ2n) is 4.32. The predicted octanol–water partition coefficient (Wildman–Crippen LogP) is 1.92. The molecule has 1 atom stereocenters. The number of hydrogen-bond acceptors (Lipinski definition) is 4. The number of pyridine rings is 1. The lowest BCUT2D eigenvalue weighted by atomic mass is 9.99. The molecule has 0 aliphatic heterocycles. The Morgan fingerprint density at radius 3 is 2.79 bits per heavy atom. The molecule has 102 valence electrons. The minimum Gasteiger partial charge on any atom is -0.493 e. The van der Waals surface area contributed by atoms with E-state index in [1.807, 2.05) is 23.9 Å². The van der Waals surface area contributed by atoms with Crippen molar-refractivity contribution in [1.82, 2.24) is 14.8 Å². The van der Waals surface area contributed by atoms with Crippen LogP contribution in [0.1, 0.15) is 36.7 Å². The minimum atomic E-state index is -0.254. The number of nitrogens with zero attached hydrogens (tertiary/aromatic N) is 3. The van der Waals surface area contributed by atoms with E-state index in [4.69, 9.17) is 10.5 Å². The van der Waals surface area contributed by atoms with Gasteiger partial charge in [-0.15, -0.1) is 0 Å². The van der Waals surface area contributed by atoms with E-state index in [1.165, 1.54) is 0 Å². The van der Waals surface area contributed by atoms with Gasteiger partial charge in [0.05, 0.1) is 19.3 Å². The van der Waals surface area contributed by atoms with Crippen molar-refractivity contribution in [3.63, 3.8) is 0 Å². The highest BCUT2D eigenvalue weighted by atomic mass is 16.5. The van der Waals surface area contributed by atoms with Gasteiger partial charge in [0.2, 0.25) is 0 Å². The summed E-state index contributed by atoms with van der Waals surface area (Å²) >= 11 is 0. The van der Waals surface area contributed by atoms with Gasteiger partial charge in [0.25, 0.3) is 0 Å². The maximum Gasteiger partial charge on any atom is 0.161 e. The van der Waals surface area contributed by atoms with E-state index in [0.717, 1.165) is 35.5 Å². The summed E-state index contributed by atoms with van der Waals surface area (Å²) in [5, 5.41) is 4.30. The van der Waals surface area contributed by atoms with Crippen molar-refractivity contribution in [3.05, 3.63) is 41.5 Å². The van der Waals surface area contributed by atoms with Gasteiger partial charge in [0.15, 0.2) is 5.75 Å². The van der Waals surface area contributed by atoms with Crippen LogP contribution in [0.2, 0.25) is 0 Å². The molecule has 0 radical (unpaired) electrons. The zero-order valence-electron chi connectivity index (χ0n) is 11.6. The number of ether oxygens (including phenoxy) is 1. The lowest BCUT2D eigenvalue weighted by Crippen LogP contribution is -2.19. The molecule has 0 saturated carbocycles. The predicted molar refractivity (Wildman–Crippen MR) is 74.1 cm³/mol. The quantitative estimate of drug-likeness (QED) is 0.892. The molecule has 0 fully saturated rings. The fraction of sp³-hybridized carbons (Fsp3) is 0.429. The largest absolute Gasteiger partial charge is 0.493 e. The first-order valence-corrected chi connectivity index (χ1v) is 6.50. The van der Waals surface area contributed by atoms with Crippen molar-refractivity contribution in [2.24, 2.45) is 5.73 Å². The molecule has 0 spiro atoms. The number of methoxy groups -OCH3 is 1. The molecule has 19 heavy (non-hydrogen) atoms. The van der Waals surface area contributed by atoms with Crippen molar-refractivity contribution in [2.75, 3.05) is 7.11 Å². The van der Waals surface area contributed by atoms with E-state index >= 15 is 0 Å². The summed E-state index contributed by atoms with van der Waals surface area (Å²) in [6.45, 7) is 4.90. The average molecular weight is 260 g/mol. The van der Waals surface area contributed by atoms with E-state index < -0.39 is 0 Å². The number of aryl methyl sites for hydroxylation is 2. The van der Waals surface area contributed by atoms with Crippen LogP contribution in [0.4, 0.5) is 0 Å². The van der Waals surface area contributed by atoms with E-state index in [0.29, 0.717) is 0 Å². The van der Waals surface area contributed by atoms with Crippen LogP contribution in [-0.4, -0.2) is 21.9 Å². The smallest absolute Gasteiger partial charge is 0.161 e. The van der Waals surface area contributed by atoms with E-state index in [-0.39, 0.29) is 6.04 Å². The molecule has 2 heterocycles. The van der Waals surface area contributed by atoms with Gasteiger partial charge in [-0.2, -0.15) is 5.10 Å². The molecule has 0 amide bonds. The summed E-state index contributed by atoms with van der Waals surface area (Å²) in [4.78, 5) is 4.16. The molecule has 0 aliphatic rings. The summed E-state index contributed by atoms with van der Waals surface area (Å²) in [5.74, 6) is 0.730. The zero-order chi connectivity index (χ0) is 13.8. The van der Waals surface area contributed by atoms with Gasteiger partial charge in [-0.05, 0) is 30.5 Å². The van der Waals surface area contributed by atoms with Gasteiger partial charge in [-0.25, -0.2) is 0 Å². The lowest BCUT2D eigenvalue weighted by Gasteiger charge is -2.18. The van der Waals surface area contributed by atoms with Crippen LogP contribution in [0.3, 0.4) is 0 Å². The summed E-state index contributed by atoms with van der Waals surface area (Å²) in [6, 6.07) is 1.71. The highest BCUT2D eigenvalue weighted by molar-refractivity contribution is 5.38. The van der Waals surface area contributed by atoms with E-state index in [2.05, 4.69) is 17.0 Å². The molecule has 5 heteroatoms. The summed E-state index contributed by atoms with van der Waals surface area (Å²) < 4.78 is 7.24. The minimum absolute atomic E-state index is 0.254. The van der Waals surface area contributed by atoms with Crippen LogP contribution < -0.4 is 10.5 Å². The van der Waals surface area contributed by atoms with Gasteiger partial charge in [0.1, 0.15) is 5.69 Å². The fourth-order valence-corrected chi connectivity index (χ4v) is 2.28. The van der Waals surface area contributed by atoms with Crippen LogP contribution in [0.5, 0.6) is 5.75 Å². The maximum atomic E-state index is 6.42. The molecule has 0 aromatic carbocycles. The third-order valence-corrected chi connectivity index (χ3v) is 3.32. The third kappa shape index (κ3) is 2.46. The fourth-order valence-electron chi connectivity index (χ4n) is 2.28. The number of aromatic nitrogens is 3. The first-order chi connectivity index (χ1) is 9.22. The standard InChI is InChI=1S/C14H20N4O/c1-4-10-8-16-7-6-11(10)13(15)14-12(19-3)9-17-18(14)5-2/h6-9,13H,4-5,15H2,1-3H3. The third-order valence-electron chi connectivity index (χ3n) is 3.32. The van der Waals surface area contributed by atoms with Crippen molar-refractivity contribution in [1.29, 1.82) is 0 Å². The number of rotatable bonds is 5. The van der Waals surface area contributed by atoms with Crippen LogP contribution in [0.25, 0.3) is 0 Å². The molecule has 5 nitrogen and oxygen atoms in total. The Morgan fingerprint density at radius 2 is 2.16 bits per heavy atom. The van der Waals surface area contributed by atoms with Crippen molar-refractivity contribution < 1.29 is 4.74 Å². The van der Waals surface area contributed by atoms with Gasteiger partial charge in [-0.3, -0.25) is 9.67 Å². The van der Waals surface area contributed by atoms with Crippen molar-refractivity contribution >= 4 is 0 Å². The van der Waals surface area contributed by atoms with E-state index in [9.17, 15) is 0 Å². The maximum absolute atomic E-state index is 6.42. The molecular formula is C14H20N4O. The van der Waals surface area contributed by atoms with Crippen molar-refractivity contribution in [2.45, 2.75) is 32.9 Å². The monoisotopic (exact) mass is 260 g/mol. The molecule has 2 aromatic rings. The Hall–Kier alpha value is -1.88. The van der Waals surface area contributed by atoms with Crippen LogP contribution in [0, 0.1) is 0 Å². The normalized spacial score (nSPS) is 12.4. The molecule has 2 aromatic heterocycles. The highest BCUT2D eigenvalue weighted by Gasteiger charge is 2.21. The molecule has 0 bridgehead atoms. The van der Waals surface area contributed by atoms with Gasteiger partial charge >= 0.3 is 0 Å². The first kappa shape index (κ1) is 13.5. The SMILES string of the molecule is CCc1cnccc1C(N)c1c(OC)cnn1CC. The number of nitrogens with two attached hydrogens (primary N) is 1. The molecule has 0 aliphatic carbocycles. The van der Waals surface area contributed by atoms with Gasteiger partial charge < -0.3 is 10.5 Å². The Kier molecular flexibility index (Phi) is 4.16. The highest BCUT2D eigenvalue weighted by Crippen LogP contribution is 2.29. The topological polar surface area (TPSA) is 66.0 Å². The molecule has 2 rings (SSSR count). The van der Waals surface area contributed by atoms with Crippen molar-refractivity contribution in [3.8, 4) is 5.75 Å². The summed E-state index contributed by atoms with van der Waals surface area (Å²) in [7, 11) is 1.64. The second-order valence-corrected chi connectivity index (χ2v) is 4.32. The van der Waals surface area contributed by atoms with Crippen LogP contribution in [0.15, 0.2) is 24.7 Å². The lowest BCUT2D eigenvalue weighted by molar-refractivity contribution is 0.404. The Morgan fingerprint density at radius 1 is 1.37 bits per heavy atom. The van der Waals surface area contributed by atoms with Gasteiger partial charge in [0, 0.05) is 18.9 Å². The molecule has 0 saturated heterocycles. The Labute approximate surface area is 113 Å². The number of hydrogen-bond donors (Lipinski definition) is 1. The van der Waals surface area contributed by atoms with Gasteiger partial charge in [-0.1, -0.05) is 6.92 Å². The Balaban J connectivity index is 2.49. The second kappa shape index (κ2) is 5.84. The van der Waals surface area contributed by atoms with Crippen LogP contribution >= 0.6 is 0 Å². The molecule has 1 unspecified atom stereocenters.